The molecule has 0 radical (unpaired) electrons. The van der Waals surface area contributed by atoms with Gasteiger partial charge in [0.15, 0.2) is 0 Å². The molecule has 0 spiro atoms. The van der Waals surface area contributed by atoms with E-state index in [4.69, 9.17) is 23.8 Å². The van der Waals surface area contributed by atoms with E-state index >= 15 is 0 Å². The summed E-state index contributed by atoms with van der Waals surface area (Å²) in [5.41, 5.74) is 2.38. The molecule has 0 aromatic heterocycles. The Balaban J connectivity index is 1.76. The lowest BCUT2D eigenvalue weighted by molar-refractivity contribution is -0.384. The van der Waals surface area contributed by atoms with Gasteiger partial charge in [-0.05, 0) is 73.8 Å². The number of nitro benzene ring substituents is 1. The Morgan fingerprint density at radius 2 is 1.87 bits per heavy atom. The Kier molecular flexibility index (Phi) is 13.3. The quantitative estimate of drug-likeness (QED) is 0.0701. The third kappa shape index (κ3) is 7.96. The first-order chi connectivity index (χ1) is 25.3. The minimum absolute atomic E-state index is 0.0294. The molecular formula is C39H51N3O10. The molecule has 13 nitrogen and oxygen atoms in total. The number of methoxy groups -OCH3 is 1. The van der Waals surface area contributed by atoms with E-state index in [2.05, 4.69) is 17.8 Å². The van der Waals surface area contributed by atoms with Crippen LogP contribution in [0.3, 0.4) is 0 Å². The van der Waals surface area contributed by atoms with Gasteiger partial charge in [-0.1, -0.05) is 43.1 Å². The van der Waals surface area contributed by atoms with Gasteiger partial charge in [-0.15, -0.1) is 6.58 Å². The van der Waals surface area contributed by atoms with Gasteiger partial charge in [0.25, 0.3) is 5.69 Å². The van der Waals surface area contributed by atoms with Crippen molar-refractivity contribution in [3.63, 3.8) is 0 Å². The van der Waals surface area contributed by atoms with Crippen molar-refractivity contribution in [3.8, 4) is 17.2 Å². The number of nitro groups is 1. The molecule has 1 saturated carbocycles. The molecule has 2 N–H and O–H groups in total. The number of fused-ring (bicyclic) bond motifs is 2. The molecule has 0 saturated heterocycles. The van der Waals surface area contributed by atoms with Crippen LogP contribution in [0.15, 0.2) is 71.9 Å². The number of carbonyl (C=O) groups excluding carboxylic acids is 1. The fourth-order valence-corrected chi connectivity index (χ4v) is 8.35. The highest BCUT2D eigenvalue weighted by Crippen LogP contribution is 2.62. The Labute approximate surface area is 305 Å². The van der Waals surface area contributed by atoms with Crippen molar-refractivity contribution >= 4 is 17.5 Å². The number of benzene rings is 2. The van der Waals surface area contributed by atoms with Crippen LogP contribution in [0.5, 0.6) is 17.2 Å². The molecule has 2 aliphatic carbocycles. The first kappa shape index (κ1) is 38.8. The number of ether oxygens (including phenoxy) is 4. The SMILES string of the molecule is C=CCO[C@@]12Oc3ccc(Oc4cccc([N+](=O)[O-])c4)cc3[C@H]3[C@H](CCCCO)[C@@H](CCCCO)C=C(C(=NOC)C[C@@H]1N(CCC)C(=O)OC)[C@H]32. The van der Waals surface area contributed by atoms with Gasteiger partial charge in [0.05, 0.1) is 36.3 Å². The van der Waals surface area contributed by atoms with Crippen molar-refractivity contribution in [1.82, 2.24) is 4.90 Å². The second-order valence-corrected chi connectivity index (χ2v) is 13.5. The smallest absolute Gasteiger partial charge is 0.409 e. The van der Waals surface area contributed by atoms with Crippen LogP contribution in [-0.4, -0.2) is 84.3 Å². The number of unbranched alkanes of at least 4 members (excludes halogenated alkanes) is 2. The van der Waals surface area contributed by atoms with Gasteiger partial charge < -0.3 is 34.0 Å². The zero-order valence-corrected chi connectivity index (χ0v) is 30.3. The summed E-state index contributed by atoms with van der Waals surface area (Å²) in [5.74, 6) is -0.646. The maximum Gasteiger partial charge on any atom is 0.409 e. The van der Waals surface area contributed by atoms with Gasteiger partial charge >= 0.3 is 6.09 Å². The van der Waals surface area contributed by atoms with Crippen molar-refractivity contribution < 1.29 is 43.7 Å². The zero-order valence-electron chi connectivity index (χ0n) is 30.3. The Hall–Kier alpha value is -4.46. The van der Waals surface area contributed by atoms with Gasteiger partial charge in [0.2, 0.25) is 5.79 Å². The summed E-state index contributed by atoms with van der Waals surface area (Å²) in [6.07, 6.45) is 8.82. The average Bonchev–Trinajstić information content (AvgIpc) is 3.15. The molecular weight excluding hydrogens is 670 g/mol. The van der Waals surface area contributed by atoms with Crippen LogP contribution in [0.2, 0.25) is 0 Å². The van der Waals surface area contributed by atoms with Gasteiger partial charge in [-0.25, -0.2) is 4.79 Å². The maximum absolute atomic E-state index is 13.6. The molecule has 13 heteroatoms. The summed E-state index contributed by atoms with van der Waals surface area (Å²) in [4.78, 5) is 31.7. The largest absolute Gasteiger partial charge is 0.459 e. The van der Waals surface area contributed by atoms with Crippen molar-refractivity contribution in [1.29, 1.82) is 0 Å². The van der Waals surface area contributed by atoms with Crippen LogP contribution >= 0.6 is 0 Å². The first-order valence-corrected chi connectivity index (χ1v) is 18.1. The van der Waals surface area contributed by atoms with E-state index in [1.165, 1.54) is 26.4 Å². The third-order valence-electron chi connectivity index (χ3n) is 10.4. The Morgan fingerprint density at radius 1 is 1.12 bits per heavy atom. The zero-order chi connectivity index (χ0) is 37.3. The van der Waals surface area contributed by atoms with Gasteiger partial charge in [-0.3, -0.25) is 15.0 Å². The van der Waals surface area contributed by atoms with Crippen LogP contribution in [-0.2, 0) is 14.3 Å². The predicted octanol–water partition coefficient (Wildman–Crippen LogP) is 7.13. The highest BCUT2D eigenvalue weighted by atomic mass is 16.7. The summed E-state index contributed by atoms with van der Waals surface area (Å²) in [7, 11) is 2.86. The number of carbonyl (C=O) groups is 1. The molecule has 0 bridgehead atoms. The molecule has 5 rings (SSSR count). The van der Waals surface area contributed by atoms with E-state index in [0.29, 0.717) is 48.8 Å². The monoisotopic (exact) mass is 721 g/mol. The molecule has 0 unspecified atom stereocenters. The normalized spacial score (nSPS) is 25.2. The van der Waals surface area contributed by atoms with E-state index < -0.39 is 28.8 Å². The van der Waals surface area contributed by atoms with Crippen LogP contribution in [0.4, 0.5) is 10.5 Å². The highest BCUT2D eigenvalue weighted by Gasteiger charge is 2.65. The first-order valence-electron chi connectivity index (χ1n) is 18.1. The lowest BCUT2D eigenvalue weighted by Crippen LogP contribution is -2.70. The summed E-state index contributed by atoms with van der Waals surface area (Å²) in [6.45, 7) is 6.61. The van der Waals surface area contributed by atoms with Crippen LogP contribution in [0.1, 0.15) is 69.8 Å². The molecule has 1 heterocycles. The molecule has 282 valence electrons. The lowest BCUT2D eigenvalue weighted by Gasteiger charge is -2.59. The highest BCUT2D eigenvalue weighted by molar-refractivity contribution is 6.02. The fraction of sp³-hybridized carbons (Fsp3) is 0.538. The third-order valence-corrected chi connectivity index (χ3v) is 10.4. The number of oxime groups is 1. The number of aliphatic hydroxyl groups excluding tert-OH is 2. The van der Waals surface area contributed by atoms with Gasteiger partial charge in [-0.2, -0.15) is 0 Å². The average molecular weight is 722 g/mol. The molecule has 1 aliphatic heterocycles. The second-order valence-electron chi connectivity index (χ2n) is 13.5. The van der Waals surface area contributed by atoms with Crippen molar-refractivity contribution in [2.24, 2.45) is 22.9 Å². The molecule has 52 heavy (non-hydrogen) atoms. The van der Waals surface area contributed by atoms with E-state index in [9.17, 15) is 25.1 Å². The molecule has 3 aliphatic rings. The number of amides is 1. The molecule has 2 aromatic carbocycles. The van der Waals surface area contributed by atoms with Gasteiger partial charge in [0, 0.05) is 43.7 Å². The van der Waals surface area contributed by atoms with Crippen LogP contribution in [0, 0.1) is 27.9 Å². The summed E-state index contributed by atoms with van der Waals surface area (Å²) in [6, 6.07) is 10.9. The molecule has 1 fully saturated rings. The van der Waals surface area contributed by atoms with Crippen molar-refractivity contribution in [3.05, 3.63) is 82.4 Å². The number of hydrogen-bond acceptors (Lipinski definition) is 11. The molecule has 1 amide bonds. The summed E-state index contributed by atoms with van der Waals surface area (Å²) < 4.78 is 25.5. The second kappa shape index (κ2) is 17.8. The fourth-order valence-electron chi connectivity index (χ4n) is 8.35. The number of allylic oxidation sites excluding steroid dienone is 1. The number of nitrogens with zero attached hydrogens (tertiary/aromatic N) is 3. The maximum atomic E-state index is 13.6. The van der Waals surface area contributed by atoms with E-state index in [1.54, 1.807) is 29.2 Å². The lowest BCUT2D eigenvalue weighted by atomic mass is 9.55. The minimum atomic E-state index is -1.39. The number of non-ortho nitro benzene ring substituents is 1. The molecule has 6 atom stereocenters. The Morgan fingerprint density at radius 3 is 2.54 bits per heavy atom. The predicted molar refractivity (Wildman–Crippen MR) is 195 cm³/mol. The van der Waals surface area contributed by atoms with E-state index in [0.717, 1.165) is 36.8 Å². The van der Waals surface area contributed by atoms with Crippen molar-refractivity contribution in [2.45, 2.75) is 76.0 Å². The van der Waals surface area contributed by atoms with Gasteiger partial charge in [0.1, 0.15) is 30.4 Å². The van der Waals surface area contributed by atoms with E-state index in [-0.39, 0.29) is 49.7 Å². The standard InChI is InChI=1S/C39H51N3O10/c1-5-18-41(38(45)48-3)35-25-33(40-49-4)31-22-26(12-7-9-19-43)30(15-8-10-20-44)36-32-24-29(51-28-14-11-13-27(23-28)42(46)47)16-17-34(32)52-39(35,37(31)36)50-21-6-2/h6,11,13-14,16-17,22-24,26,30,35-37,43-44H,2,5,7-10,12,15,18-21,25H2,1,3-4H3/t26-,30+,35-,36+,37+,39+/m0/s1. The topological polar surface area (TPSA) is 162 Å². The van der Waals surface area contributed by atoms with Crippen molar-refractivity contribution in [2.75, 3.05) is 40.6 Å². The molecule has 2 aromatic rings. The summed E-state index contributed by atoms with van der Waals surface area (Å²) in [5, 5.41) is 35.6. The minimum Gasteiger partial charge on any atom is -0.459 e. The Bertz CT molecular complexity index is 1630. The van der Waals surface area contributed by atoms with Crippen LogP contribution in [0.25, 0.3) is 0 Å². The number of rotatable bonds is 18. The number of hydrogen-bond donors (Lipinski definition) is 2. The number of aliphatic hydroxyl groups is 2. The van der Waals surface area contributed by atoms with E-state index in [1.807, 2.05) is 19.1 Å². The summed E-state index contributed by atoms with van der Waals surface area (Å²) >= 11 is 0. The van der Waals surface area contributed by atoms with Crippen LogP contribution < -0.4 is 9.47 Å².